The third-order valence-corrected chi connectivity index (χ3v) is 3.62. The summed E-state index contributed by atoms with van der Waals surface area (Å²) in [7, 11) is -0.968. The minimum atomic E-state index is -0.968. The summed E-state index contributed by atoms with van der Waals surface area (Å²) in [5.74, 6) is 0. The molecule has 2 nitrogen and oxygen atoms in total. The molecule has 1 unspecified atom stereocenters. The molecule has 1 heterocycles. The first-order chi connectivity index (χ1) is 8.27. The van der Waals surface area contributed by atoms with E-state index in [9.17, 15) is 0 Å². The molecule has 0 N–H and O–H groups in total. The highest BCUT2D eigenvalue weighted by Crippen LogP contribution is 2.19. The quantitative estimate of drug-likeness (QED) is 0.738. The Morgan fingerprint density at radius 3 is 2.29 bits per heavy atom. The van der Waals surface area contributed by atoms with Crippen molar-refractivity contribution < 1.29 is 4.43 Å². The molecule has 0 radical (unpaired) electrons. The minimum absolute atomic E-state index is 0.293. The molecule has 0 fully saturated rings. The molecule has 2 rings (SSSR count). The average Bonchev–Trinajstić information content (AvgIpc) is 2.84. The van der Waals surface area contributed by atoms with E-state index in [1.807, 2.05) is 6.07 Å². The van der Waals surface area contributed by atoms with Gasteiger partial charge in [0.05, 0.1) is 12.6 Å². The molecule has 1 aromatic carbocycles. The van der Waals surface area contributed by atoms with Gasteiger partial charge in [0.15, 0.2) is 9.04 Å². The largest absolute Gasteiger partial charge is 0.418 e. The van der Waals surface area contributed by atoms with Crippen molar-refractivity contribution >= 4 is 9.04 Å². The highest BCUT2D eigenvalue weighted by Gasteiger charge is 2.13. The first-order valence-electron chi connectivity index (χ1n) is 6.06. The van der Waals surface area contributed by atoms with Gasteiger partial charge >= 0.3 is 0 Å². The second-order valence-corrected chi connectivity index (χ2v) is 6.87. The fourth-order valence-electron chi connectivity index (χ4n) is 1.87. The van der Waals surface area contributed by atoms with Crippen LogP contribution in [0, 0.1) is 0 Å². The van der Waals surface area contributed by atoms with Crippen LogP contribution in [0.25, 0.3) is 0 Å². The van der Waals surface area contributed by atoms with Crippen LogP contribution < -0.4 is 0 Å². The Kier molecular flexibility index (Phi) is 4.17. The van der Waals surface area contributed by atoms with Gasteiger partial charge in [-0.1, -0.05) is 30.3 Å². The molecule has 1 aromatic heterocycles. The zero-order valence-electron chi connectivity index (χ0n) is 10.4. The Hall–Kier alpha value is -1.32. The molecule has 0 spiro atoms. The van der Waals surface area contributed by atoms with Crippen LogP contribution >= 0.6 is 0 Å². The molecule has 0 bridgehead atoms. The minimum Gasteiger partial charge on any atom is -0.418 e. The van der Waals surface area contributed by atoms with Crippen LogP contribution in [0.15, 0.2) is 54.9 Å². The van der Waals surface area contributed by atoms with Crippen LogP contribution in [0.2, 0.25) is 13.1 Å². The van der Waals surface area contributed by atoms with Crippen molar-refractivity contribution in [3.63, 3.8) is 0 Å². The Balaban J connectivity index is 2.19. The Morgan fingerprint density at radius 2 is 1.71 bits per heavy atom. The monoisotopic (exact) mass is 245 g/mol. The zero-order chi connectivity index (χ0) is 12.1. The molecular formula is C14H19NOSi. The van der Waals surface area contributed by atoms with Crippen molar-refractivity contribution in [2.45, 2.75) is 19.1 Å². The summed E-state index contributed by atoms with van der Waals surface area (Å²) in [5.41, 5.74) is 1.30. The molecule has 90 valence electrons. The normalized spacial score (nSPS) is 12.9. The lowest BCUT2D eigenvalue weighted by atomic mass is 10.1. The Bertz CT molecular complexity index is 425. The van der Waals surface area contributed by atoms with E-state index in [-0.39, 0.29) is 0 Å². The number of hydrogen-bond donors (Lipinski definition) is 0. The summed E-state index contributed by atoms with van der Waals surface area (Å²) >= 11 is 0. The van der Waals surface area contributed by atoms with E-state index >= 15 is 0 Å². The molecule has 2 aromatic rings. The number of nitrogens with zero attached hydrogens (tertiary/aromatic N) is 1. The third-order valence-electron chi connectivity index (χ3n) is 2.76. The van der Waals surface area contributed by atoms with Crippen LogP contribution in [0.5, 0.6) is 0 Å². The van der Waals surface area contributed by atoms with Crippen molar-refractivity contribution in [2.75, 3.05) is 6.61 Å². The smallest absolute Gasteiger partial charge is 0.171 e. The zero-order valence-corrected chi connectivity index (χ0v) is 11.6. The van der Waals surface area contributed by atoms with Gasteiger partial charge in [-0.15, -0.1) is 0 Å². The highest BCUT2D eigenvalue weighted by atomic mass is 28.3. The summed E-state index contributed by atoms with van der Waals surface area (Å²) in [6.07, 6.45) is 4.20. The second kappa shape index (κ2) is 5.84. The van der Waals surface area contributed by atoms with Gasteiger partial charge in [-0.3, -0.25) is 0 Å². The molecule has 0 saturated heterocycles. The van der Waals surface area contributed by atoms with Gasteiger partial charge in [-0.25, -0.2) is 0 Å². The predicted octanol–water partition coefficient (Wildman–Crippen LogP) is 3.08. The van der Waals surface area contributed by atoms with Crippen molar-refractivity contribution in [1.82, 2.24) is 4.57 Å². The van der Waals surface area contributed by atoms with Gasteiger partial charge < -0.3 is 8.99 Å². The Labute approximate surface area is 105 Å². The van der Waals surface area contributed by atoms with Crippen LogP contribution in [0.4, 0.5) is 0 Å². The van der Waals surface area contributed by atoms with Crippen LogP contribution in [-0.4, -0.2) is 20.2 Å². The van der Waals surface area contributed by atoms with E-state index in [1.54, 1.807) is 0 Å². The maximum absolute atomic E-state index is 5.90. The van der Waals surface area contributed by atoms with E-state index in [4.69, 9.17) is 4.43 Å². The fraction of sp³-hybridized carbons (Fsp3) is 0.286. The fourth-order valence-corrected chi connectivity index (χ4v) is 2.44. The third kappa shape index (κ3) is 3.31. The summed E-state index contributed by atoms with van der Waals surface area (Å²) < 4.78 is 8.11. The summed E-state index contributed by atoms with van der Waals surface area (Å²) in [5, 5.41) is 0. The van der Waals surface area contributed by atoms with E-state index in [1.165, 1.54) is 5.56 Å². The second-order valence-electron chi connectivity index (χ2n) is 4.44. The molecule has 0 aliphatic carbocycles. The highest BCUT2D eigenvalue weighted by molar-refractivity contribution is 6.48. The van der Waals surface area contributed by atoms with E-state index in [0.717, 1.165) is 6.61 Å². The predicted molar refractivity (Wildman–Crippen MR) is 73.8 cm³/mol. The van der Waals surface area contributed by atoms with Gasteiger partial charge in [0, 0.05) is 12.4 Å². The van der Waals surface area contributed by atoms with Crippen LogP contribution in [-0.2, 0) is 4.43 Å². The Morgan fingerprint density at radius 1 is 1.06 bits per heavy atom. The van der Waals surface area contributed by atoms with Crippen molar-refractivity contribution in [2.24, 2.45) is 0 Å². The van der Waals surface area contributed by atoms with E-state index in [0.29, 0.717) is 6.04 Å². The van der Waals surface area contributed by atoms with Crippen LogP contribution in [0.3, 0.4) is 0 Å². The molecule has 1 atom stereocenters. The van der Waals surface area contributed by atoms with Crippen molar-refractivity contribution in [1.29, 1.82) is 0 Å². The molecule has 0 aliphatic rings. The first-order valence-corrected chi connectivity index (χ1v) is 8.84. The van der Waals surface area contributed by atoms with E-state index in [2.05, 4.69) is 66.5 Å². The summed E-state index contributed by atoms with van der Waals surface area (Å²) in [6.45, 7) is 5.18. The lowest BCUT2D eigenvalue weighted by Crippen LogP contribution is -2.20. The van der Waals surface area contributed by atoms with Crippen LogP contribution in [0.1, 0.15) is 11.6 Å². The van der Waals surface area contributed by atoms with Gasteiger partial charge in [0.2, 0.25) is 0 Å². The number of rotatable bonds is 5. The van der Waals surface area contributed by atoms with Gasteiger partial charge in [-0.05, 0) is 30.8 Å². The molecular weight excluding hydrogens is 226 g/mol. The molecule has 0 aliphatic heterocycles. The average molecular weight is 245 g/mol. The SMILES string of the molecule is C[SiH](C)OCC(c1ccccc1)n1cccc1. The molecule has 0 saturated carbocycles. The molecule has 17 heavy (non-hydrogen) atoms. The first kappa shape index (κ1) is 12.1. The lowest BCUT2D eigenvalue weighted by Gasteiger charge is -2.21. The summed E-state index contributed by atoms with van der Waals surface area (Å²) in [6, 6.07) is 14.9. The molecule has 0 amide bonds. The van der Waals surface area contributed by atoms with Crippen molar-refractivity contribution in [3.8, 4) is 0 Å². The standard InChI is InChI=1S/C14H19NOSi/c1-17(2)16-12-14(15-10-6-7-11-15)13-8-4-3-5-9-13/h3-11,14,17H,12H2,1-2H3. The van der Waals surface area contributed by atoms with E-state index < -0.39 is 9.04 Å². The maximum atomic E-state index is 5.90. The van der Waals surface area contributed by atoms with Crippen molar-refractivity contribution in [3.05, 3.63) is 60.4 Å². The summed E-state index contributed by atoms with van der Waals surface area (Å²) in [4.78, 5) is 0. The number of benzene rings is 1. The lowest BCUT2D eigenvalue weighted by molar-refractivity contribution is 0.277. The van der Waals surface area contributed by atoms with Gasteiger partial charge in [0.25, 0.3) is 0 Å². The maximum Gasteiger partial charge on any atom is 0.171 e. The topological polar surface area (TPSA) is 14.2 Å². The number of aromatic nitrogens is 1. The molecule has 3 heteroatoms. The van der Waals surface area contributed by atoms with Gasteiger partial charge in [0.1, 0.15) is 0 Å². The van der Waals surface area contributed by atoms with Gasteiger partial charge in [-0.2, -0.15) is 0 Å². The number of hydrogen-bond acceptors (Lipinski definition) is 1.